The Morgan fingerprint density at radius 2 is 1.53 bits per heavy atom. The van der Waals surface area contributed by atoms with Gasteiger partial charge < -0.3 is 16.5 Å². The van der Waals surface area contributed by atoms with Gasteiger partial charge in [-0.1, -0.05) is 17.7 Å². The van der Waals surface area contributed by atoms with E-state index in [1.54, 1.807) is 12.1 Å². The minimum atomic E-state index is -3.62. The molecule has 0 unspecified atom stereocenters. The van der Waals surface area contributed by atoms with Crippen LogP contribution in [0.5, 0.6) is 0 Å². The van der Waals surface area contributed by atoms with E-state index in [0.717, 1.165) is 5.56 Å². The monoisotopic (exact) mass is 261 g/mol. The van der Waals surface area contributed by atoms with Gasteiger partial charge in [-0.2, -0.15) is 0 Å². The Hall–Kier alpha value is 0.340. The average Bonchev–Trinajstić information content (AvgIpc) is 2.05. The fourth-order valence-electron chi connectivity index (χ4n) is 0.750. The van der Waals surface area contributed by atoms with Crippen molar-refractivity contribution in [1.29, 1.82) is 0 Å². The van der Waals surface area contributed by atoms with E-state index < -0.39 is 10.0 Å². The summed E-state index contributed by atoms with van der Waals surface area (Å²) in [4.78, 5) is 0.114. The van der Waals surface area contributed by atoms with Crippen molar-refractivity contribution in [1.82, 2.24) is 12.3 Å². The molecule has 5 nitrogen and oxygen atoms in total. The third-order valence-corrected chi connectivity index (χ3v) is 3.00. The first-order chi connectivity index (χ1) is 5.56. The predicted molar refractivity (Wildman–Crippen MR) is 57.6 cm³/mol. The van der Waals surface area contributed by atoms with Gasteiger partial charge in [0.25, 0.3) is 0 Å². The summed E-state index contributed by atoms with van der Waals surface area (Å²) in [6, 6.07) is 6.32. The molecule has 0 heterocycles. The molecule has 0 amide bonds. The average molecular weight is 262 g/mol. The Morgan fingerprint density at radius 3 is 1.87 bits per heavy atom. The third-order valence-electron chi connectivity index (χ3n) is 1.41. The number of hydrogen-bond donors (Lipinski definition) is 2. The molecule has 0 aliphatic rings. The molecule has 0 aromatic heterocycles. The summed E-state index contributed by atoms with van der Waals surface area (Å²) in [6.07, 6.45) is 0. The summed E-state index contributed by atoms with van der Waals surface area (Å²) in [6.45, 7) is 1.87. The molecular weight excluding hydrogens is 249 g/mol. The standard InChI is InChI=1S/C7H7ClNO2S.2H3N.Na/c1-6-2-4-7(5-3-6)12(10,11)9-8;;;/h2-5H,1H3;2*1H3;/q-1;;;+1. The van der Waals surface area contributed by atoms with Crippen LogP contribution in [-0.2, 0) is 10.0 Å². The van der Waals surface area contributed by atoms with Crippen molar-refractivity contribution in [3.8, 4) is 0 Å². The van der Waals surface area contributed by atoms with Gasteiger partial charge in [-0.25, -0.2) is 8.42 Å². The molecule has 0 bridgehead atoms. The summed E-state index contributed by atoms with van der Waals surface area (Å²) in [5.41, 5.74) is 0.989. The third kappa shape index (κ3) is 5.84. The quantitative estimate of drug-likeness (QED) is 0.700. The Morgan fingerprint density at radius 1 is 1.13 bits per heavy atom. The minimum absolute atomic E-state index is 0. The topological polar surface area (TPSA) is 118 Å². The molecule has 1 aromatic rings. The van der Waals surface area contributed by atoms with Crippen LogP contribution in [0.25, 0.3) is 4.24 Å². The largest absolute Gasteiger partial charge is 1.00 e. The van der Waals surface area contributed by atoms with E-state index in [4.69, 9.17) is 11.8 Å². The molecule has 0 atom stereocenters. The van der Waals surface area contributed by atoms with E-state index in [2.05, 4.69) is 4.24 Å². The van der Waals surface area contributed by atoms with Gasteiger partial charge in [0.05, 0.1) is 0 Å². The Balaban J connectivity index is -0.000000480. The molecule has 1 aromatic carbocycles. The molecule has 1 rings (SSSR count). The summed E-state index contributed by atoms with van der Waals surface area (Å²) in [5.74, 6) is 0. The SMILES string of the molecule is Cc1ccc(S(=O)(=O)[N-]Cl)cc1.N.N.[Na+]. The van der Waals surface area contributed by atoms with Gasteiger partial charge in [-0.15, -0.1) is 0 Å². The van der Waals surface area contributed by atoms with E-state index in [1.165, 1.54) is 12.1 Å². The first-order valence-electron chi connectivity index (χ1n) is 3.21. The Bertz CT molecular complexity index is 368. The first-order valence-corrected chi connectivity index (χ1v) is 4.99. The normalized spacial score (nSPS) is 9.20. The minimum Gasteiger partial charge on any atom is -0.458 e. The number of aryl methyl sites for hydroxylation is 1. The van der Waals surface area contributed by atoms with Crippen molar-refractivity contribution in [2.45, 2.75) is 11.8 Å². The smallest absolute Gasteiger partial charge is 0.458 e. The van der Waals surface area contributed by atoms with Crippen LogP contribution < -0.4 is 41.9 Å². The van der Waals surface area contributed by atoms with Crippen LogP contribution in [0.15, 0.2) is 29.2 Å². The molecule has 82 valence electrons. The molecule has 6 N–H and O–H groups in total. The predicted octanol–water partition coefficient (Wildman–Crippen LogP) is -0.461. The van der Waals surface area contributed by atoms with Crippen LogP contribution in [0.3, 0.4) is 0 Å². The van der Waals surface area contributed by atoms with Crippen LogP contribution in [0.4, 0.5) is 0 Å². The van der Waals surface area contributed by atoms with Crippen LogP contribution in [-0.4, -0.2) is 8.42 Å². The van der Waals surface area contributed by atoms with E-state index in [9.17, 15) is 8.42 Å². The van der Waals surface area contributed by atoms with E-state index >= 15 is 0 Å². The Kier molecular flexibility index (Phi) is 11.7. The number of rotatable bonds is 2. The maximum Gasteiger partial charge on any atom is 1.00 e. The molecule has 0 aliphatic heterocycles. The van der Waals surface area contributed by atoms with E-state index in [1.807, 2.05) is 6.92 Å². The van der Waals surface area contributed by atoms with Crippen molar-refractivity contribution < 1.29 is 38.0 Å². The molecule has 0 fully saturated rings. The van der Waals surface area contributed by atoms with Crippen molar-refractivity contribution in [2.75, 3.05) is 0 Å². The van der Waals surface area contributed by atoms with Crippen LogP contribution >= 0.6 is 11.8 Å². The number of halogens is 1. The summed E-state index contributed by atoms with van der Waals surface area (Å²) in [5, 5.41) is 0. The zero-order chi connectivity index (χ0) is 9.19. The molecule has 0 radical (unpaired) electrons. The summed E-state index contributed by atoms with van der Waals surface area (Å²) >= 11 is 4.90. The van der Waals surface area contributed by atoms with Crippen molar-refractivity contribution in [2.24, 2.45) is 0 Å². The van der Waals surface area contributed by atoms with Gasteiger partial charge in [0.2, 0.25) is 0 Å². The van der Waals surface area contributed by atoms with Crippen molar-refractivity contribution in [3.63, 3.8) is 0 Å². The number of hydrogen-bond acceptors (Lipinski definition) is 4. The molecule has 0 saturated heterocycles. The number of benzene rings is 1. The number of nitrogens with zero attached hydrogens (tertiary/aromatic N) is 1. The van der Waals surface area contributed by atoms with Gasteiger partial charge in [-0.05, 0) is 19.1 Å². The second-order valence-corrected chi connectivity index (χ2v) is 4.33. The second kappa shape index (κ2) is 8.49. The molecule has 0 spiro atoms. The Labute approximate surface area is 117 Å². The van der Waals surface area contributed by atoms with Crippen LogP contribution in [0, 0.1) is 6.92 Å². The molecule has 15 heavy (non-hydrogen) atoms. The molecular formula is C7H13ClN3NaO2S. The van der Waals surface area contributed by atoms with Crippen LogP contribution in [0.1, 0.15) is 5.56 Å². The van der Waals surface area contributed by atoms with Gasteiger partial charge in [-0.3, -0.25) is 11.8 Å². The van der Waals surface area contributed by atoms with Crippen molar-refractivity contribution >= 4 is 21.8 Å². The van der Waals surface area contributed by atoms with Crippen molar-refractivity contribution in [3.05, 3.63) is 34.1 Å². The molecule has 0 aliphatic carbocycles. The molecule has 8 heteroatoms. The summed E-state index contributed by atoms with van der Waals surface area (Å²) < 4.78 is 24.8. The molecule has 0 saturated carbocycles. The van der Waals surface area contributed by atoms with Gasteiger partial charge >= 0.3 is 29.6 Å². The van der Waals surface area contributed by atoms with Gasteiger partial charge in [0, 0.05) is 4.90 Å². The summed E-state index contributed by atoms with van der Waals surface area (Å²) in [7, 11) is -3.62. The van der Waals surface area contributed by atoms with Gasteiger partial charge in [0.1, 0.15) is 10.0 Å². The van der Waals surface area contributed by atoms with E-state index in [0.29, 0.717) is 0 Å². The fourth-order valence-corrected chi connectivity index (χ4v) is 1.55. The van der Waals surface area contributed by atoms with Crippen LogP contribution in [0.2, 0.25) is 0 Å². The van der Waals surface area contributed by atoms with E-state index in [-0.39, 0.29) is 46.8 Å². The maximum atomic E-state index is 11.0. The maximum absolute atomic E-state index is 11.0. The second-order valence-electron chi connectivity index (χ2n) is 2.36. The zero-order valence-corrected chi connectivity index (χ0v) is 12.3. The fraction of sp³-hybridized carbons (Fsp3) is 0.143. The number of sulfonamides is 1. The zero-order valence-electron chi connectivity index (χ0n) is 8.77. The first kappa shape index (κ1) is 20.7. The van der Waals surface area contributed by atoms with Gasteiger partial charge in [0.15, 0.2) is 0 Å².